The fraction of sp³-hybridized carbons (Fsp3) is 0.308. The van der Waals surface area contributed by atoms with E-state index in [9.17, 15) is 0 Å². The standard InChI is InChI=1S/C13H14Br2N2OS/c1-8(16)2-9-3-11(14)13(12(15)4-9)18-6-10-5-17-7-19-10/h3-5,7-8H,2,6,16H2,1H3. The van der Waals surface area contributed by atoms with Crippen LogP contribution in [0.15, 0.2) is 32.8 Å². The van der Waals surface area contributed by atoms with Gasteiger partial charge in [0.25, 0.3) is 0 Å². The lowest BCUT2D eigenvalue weighted by Gasteiger charge is -2.12. The molecule has 2 rings (SSSR count). The van der Waals surface area contributed by atoms with Crippen molar-refractivity contribution >= 4 is 43.2 Å². The van der Waals surface area contributed by atoms with Gasteiger partial charge in [-0.15, -0.1) is 11.3 Å². The van der Waals surface area contributed by atoms with E-state index < -0.39 is 0 Å². The number of aromatic nitrogens is 1. The average Bonchev–Trinajstić information content (AvgIpc) is 2.79. The van der Waals surface area contributed by atoms with Crippen LogP contribution in [0.4, 0.5) is 0 Å². The molecule has 0 saturated heterocycles. The van der Waals surface area contributed by atoms with Crippen LogP contribution in [0.3, 0.4) is 0 Å². The number of rotatable bonds is 5. The summed E-state index contributed by atoms with van der Waals surface area (Å²) in [5, 5.41) is 0. The van der Waals surface area contributed by atoms with Crippen molar-refractivity contribution in [1.82, 2.24) is 4.98 Å². The van der Waals surface area contributed by atoms with Gasteiger partial charge in [0.2, 0.25) is 0 Å². The molecule has 1 aromatic carbocycles. The van der Waals surface area contributed by atoms with Crippen LogP contribution < -0.4 is 10.5 Å². The molecule has 1 aromatic heterocycles. The Kier molecular flexibility index (Phi) is 5.38. The molecule has 0 aliphatic carbocycles. The largest absolute Gasteiger partial charge is 0.486 e. The van der Waals surface area contributed by atoms with Gasteiger partial charge in [-0.2, -0.15) is 0 Å². The smallest absolute Gasteiger partial charge is 0.148 e. The summed E-state index contributed by atoms with van der Waals surface area (Å²) in [6.45, 7) is 2.52. The molecular formula is C13H14Br2N2OS. The summed E-state index contributed by atoms with van der Waals surface area (Å²) < 4.78 is 7.68. The van der Waals surface area contributed by atoms with Crippen LogP contribution in [0.25, 0.3) is 0 Å². The molecule has 1 atom stereocenters. The van der Waals surface area contributed by atoms with Crippen molar-refractivity contribution in [1.29, 1.82) is 0 Å². The predicted octanol–water partition coefficient (Wildman–Crippen LogP) is 4.14. The third-order valence-electron chi connectivity index (χ3n) is 2.46. The maximum absolute atomic E-state index is 5.82. The minimum Gasteiger partial charge on any atom is -0.486 e. The second-order valence-corrected chi connectivity index (χ2v) is 7.01. The van der Waals surface area contributed by atoms with Crippen LogP contribution in [-0.4, -0.2) is 11.0 Å². The molecule has 0 aliphatic rings. The minimum atomic E-state index is 0.141. The van der Waals surface area contributed by atoms with Crippen molar-refractivity contribution < 1.29 is 4.74 Å². The first-order valence-electron chi connectivity index (χ1n) is 5.80. The fourth-order valence-electron chi connectivity index (χ4n) is 1.70. The highest BCUT2D eigenvalue weighted by Gasteiger charge is 2.10. The number of hydrogen-bond donors (Lipinski definition) is 1. The van der Waals surface area contributed by atoms with E-state index in [1.165, 1.54) is 5.56 Å². The van der Waals surface area contributed by atoms with E-state index in [1.54, 1.807) is 16.8 Å². The van der Waals surface area contributed by atoms with Crippen molar-refractivity contribution in [2.75, 3.05) is 0 Å². The second kappa shape index (κ2) is 6.83. The Labute approximate surface area is 133 Å². The van der Waals surface area contributed by atoms with Crippen LogP contribution in [0.5, 0.6) is 5.75 Å². The molecule has 19 heavy (non-hydrogen) atoms. The normalized spacial score (nSPS) is 12.4. The van der Waals surface area contributed by atoms with Gasteiger partial charge in [-0.3, -0.25) is 4.98 Å². The van der Waals surface area contributed by atoms with Crippen LogP contribution in [0.1, 0.15) is 17.4 Å². The highest BCUT2D eigenvalue weighted by atomic mass is 79.9. The first-order chi connectivity index (χ1) is 9.06. The predicted molar refractivity (Wildman–Crippen MR) is 85.6 cm³/mol. The lowest BCUT2D eigenvalue weighted by atomic mass is 10.1. The maximum atomic E-state index is 5.82. The number of ether oxygens (including phenoxy) is 1. The zero-order valence-electron chi connectivity index (χ0n) is 10.4. The van der Waals surface area contributed by atoms with Crippen molar-refractivity contribution in [3.63, 3.8) is 0 Å². The molecule has 0 bridgehead atoms. The van der Waals surface area contributed by atoms with E-state index in [0.29, 0.717) is 6.61 Å². The summed E-state index contributed by atoms with van der Waals surface area (Å²) in [5.41, 5.74) is 8.80. The summed E-state index contributed by atoms with van der Waals surface area (Å²) in [5.74, 6) is 0.807. The number of nitrogens with two attached hydrogens (primary N) is 1. The van der Waals surface area contributed by atoms with E-state index in [-0.39, 0.29) is 6.04 Å². The average molecular weight is 406 g/mol. The zero-order valence-corrected chi connectivity index (χ0v) is 14.4. The fourth-order valence-corrected chi connectivity index (χ4v) is 3.71. The number of benzene rings is 1. The van der Waals surface area contributed by atoms with Crippen molar-refractivity contribution in [3.8, 4) is 5.75 Å². The van der Waals surface area contributed by atoms with Crippen LogP contribution in [-0.2, 0) is 13.0 Å². The van der Waals surface area contributed by atoms with Crippen LogP contribution in [0.2, 0.25) is 0 Å². The van der Waals surface area contributed by atoms with Gasteiger partial charge in [-0.05, 0) is 62.9 Å². The van der Waals surface area contributed by atoms with Crippen molar-refractivity contribution in [2.24, 2.45) is 5.73 Å². The molecule has 0 spiro atoms. The Hall–Kier alpha value is -0.430. The molecule has 2 aromatic rings. The number of halogens is 2. The quantitative estimate of drug-likeness (QED) is 0.813. The minimum absolute atomic E-state index is 0.141. The molecule has 0 saturated carbocycles. The second-order valence-electron chi connectivity index (χ2n) is 4.33. The van der Waals surface area contributed by atoms with Gasteiger partial charge < -0.3 is 10.5 Å². The lowest BCUT2D eigenvalue weighted by molar-refractivity contribution is 0.305. The zero-order chi connectivity index (χ0) is 13.8. The molecule has 1 unspecified atom stereocenters. The van der Waals surface area contributed by atoms with Gasteiger partial charge in [0, 0.05) is 12.2 Å². The first-order valence-corrected chi connectivity index (χ1v) is 8.26. The maximum Gasteiger partial charge on any atom is 0.148 e. The van der Waals surface area contributed by atoms with Gasteiger partial charge in [0.15, 0.2) is 0 Å². The topological polar surface area (TPSA) is 48.1 Å². The van der Waals surface area contributed by atoms with E-state index in [0.717, 1.165) is 26.0 Å². The summed E-state index contributed by atoms with van der Waals surface area (Å²) >= 11 is 8.67. The molecule has 0 fully saturated rings. The summed E-state index contributed by atoms with van der Waals surface area (Å²) in [7, 11) is 0. The van der Waals surface area contributed by atoms with Crippen LogP contribution in [0, 0.1) is 0 Å². The number of nitrogens with zero attached hydrogens (tertiary/aromatic N) is 1. The SMILES string of the molecule is CC(N)Cc1cc(Br)c(OCc2cncs2)c(Br)c1. The van der Waals surface area contributed by atoms with Crippen molar-refractivity contribution in [2.45, 2.75) is 26.0 Å². The molecule has 102 valence electrons. The summed E-state index contributed by atoms with van der Waals surface area (Å²) in [4.78, 5) is 5.12. The number of thiazole rings is 1. The molecular weight excluding hydrogens is 392 g/mol. The van der Waals surface area contributed by atoms with Gasteiger partial charge >= 0.3 is 0 Å². The highest BCUT2D eigenvalue weighted by molar-refractivity contribution is 9.11. The Bertz CT molecular complexity index is 521. The van der Waals surface area contributed by atoms with Gasteiger partial charge in [0.1, 0.15) is 12.4 Å². The van der Waals surface area contributed by atoms with E-state index in [2.05, 4.69) is 49.0 Å². The number of hydrogen-bond acceptors (Lipinski definition) is 4. The van der Waals surface area contributed by atoms with Crippen molar-refractivity contribution in [3.05, 3.63) is 43.2 Å². The molecule has 2 N–H and O–H groups in total. The van der Waals surface area contributed by atoms with E-state index in [4.69, 9.17) is 10.5 Å². The third-order valence-corrected chi connectivity index (χ3v) is 4.39. The molecule has 0 amide bonds. The van der Waals surface area contributed by atoms with Gasteiger partial charge in [-0.25, -0.2) is 0 Å². The molecule has 6 heteroatoms. The molecule has 0 radical (unpaired) electrons. The summed E-state index contributed by atoms with van der Waals surface area (Å²) in [6.07, 6.45) is 2.66. The van der Waals surface area contributed by atoms with Gasteiger partial charge in [0.05, 0.1) is 19.3 Å². The molecule has 1 heterocycles. The van der Waals surface area contributed by atoms with Crippen LogP contribution >= 0.6 is 43.2 Å². The Morgan fingerprint density at radius 2 is 2.05 bits per heavy atom. The molecule has 3 nitrogen and oxygen atoms in total. The van der Waals surface area contributed by atoms with E-state index >= 15 is 0 Å². The molecule has 0 aliphatic heterocycles. The third kappa shape index (κ3) is 4.27. The Morgan fingerprint density at radius 3 is 2.58 bits per heavy atom. The Balaban J connectivity index is 2.12. The van der Waals surface area contributed by atoms with Gasteiger partial charge in [-0.1, -0.05) is 0 Å². The summed E-state index contributed by atoms with van der Waals surface area (Å²) in [6, 6.07) is 4.24. The van der Waals surface area contributed by atoms with E-state index in [1.807, 2.05) is 13.1 Å². The first kappa shape index (κ1) is 15.0. The lowest BCUT2D eigenvalue weighted by Crippen LogP contribution is -2.17. The monoisotopic (exact) mass is 404 g/mol. The Morgan fingerprint density at radius 1 is 1.37 bits per heavy atom. The highest BCUT2D eigenvalue weighted by Crippen LogP contribution is 2.35.